The highest BCUT2D eigenvalue weighted by Crippen LogP contribution is 2.25. The molecule has 8 heteroatoms. The van der Waals surface area contributed by atoms with E-state index in [0.717, 1.165) is 5.56 Å². The van der Waals surface area contributed by atoms with Crippen molar-refractivity contribution >= 4 is 23.5 Å². The van der Waals surface area contributed by atoms with Gasteiger partial charge < -0.3 is 26.4 Å². The minimum absolute atomic E-state index is 0.0380. The molecule has 0 saturated carbocycles. The highest BCUT2D eigenvalue weighted by molar-refractivity contribution is 6.32. The lowest BCUT2D eigenvalue weighted by atomic mass is 10.2. The van der Waals surface area contributed by atoms with Crippen LogP contribution in [-0.2, 0) is 4.79 Å². The first kappa shape index (κ1) is 17.7. The monoisotopic (exact) mass is 350 g/mol. The molecule has 3 amide bonds. The van der Waals surface area contributed by atoms with Crippen LogP contribution in [0.5, 0.6) is 5.75 Å². The van der Waals surface area contributed by atoms with Crippen molar-refractivity contribution in [2.45, 2.75) is 19.9 Å². The molecular weight excluding hydrogens is 332 g/mol. The number of carbonyl (C=O) groups excluding carboxylic acids is 2. The number of aryl methyl sites for hydroxylation is 1. The number of hydrogen-bond donors (Lipinski definition) is 4. The van der Waals surface area contributed by atoms with E-state index >= 15 is 0 Å². The first-order valence-electron chi connectivity index (χ1n) is 7.24. The van der Waals surface area contributed by atoms with Crippen LogP contribution in [0.25, 0.3) is 0 Å². The van der Waals surface area contributed by atoms with Crippen molar-refractivity contribution in [3.8, 4) is 5.75 Å². The Morgan fingerprint density at radius 2 is 2.17 bits per heavy atom. The number of benzene rings is 1. The Balaban J connectivity index is 1.95. The summed E-state index contributed by atoms with van der Waals surface area (Å²) in [4.78, 5) is 23.6. The molecule has 0 unspecified atom stereocenters. The number of halogens is 1. The predicted molar refractivity (Wildman–Crippen MR) is 91.3 cm³/mol. The highest BCUT2D eigenvalue weighted by Gasteiger charge is 2.24. The number of nitrogens with two attached hydrogens (primary N) is 1. The van der Waals surface area contributed by atoms with E-state index in [1.807, 2.05) is 13.0 Å². The quantitative estimate of drug-likeness (QED) is 0.646. The SMILES string of the molecule is C=C1NC(=O)NC(C(=O)N[C@H](C)COc2ccc(C)cc2Cl)=C1N. The van der Waals surface area contributed by atoms with E-state index in [0.29, 0.717) is 10.8 Å². The zero-order valence-electron chi connectivity index (χ0n) is 13.4. The molecule has 1 aromatic rings. The third-order valence-corrected chi connectivity index (χ3v) is 3.57. The van der Waals surface area contributed by atoms with Gasteiger partial charge in [0.15, 0.2) is 0 Å². The Morgan fingerprint density at radius 1 is 1.46 bits per heavy atom. The van der Waals surface area contributed by atoms with Crippen LogP contribution < -0.4 is 26.4 Å². The van der Waals surface area contributed by atoms with Gasteiger partial charge in [-0.15, -0.1) is 0 Å². The lowest BCUT2D eigenvalue weighted by Crippen LogP contribution is -2.49. The molecule has 0 aromatic heterocycles. The molecule has 1 aliphatic heterocycles. The van der Waals surface area contributed by atoms with Crippen molar-refractivity contribution in [3.63, 3.8) is 0 Å². The molecule has 0 saturated heterocycles. The topological polar surface area (TPSA) is 105 Å². The second-order valence-electron chi connectivity index (χ2n) is 5.47. The summed E-state index contributed by atoms with van der Waals surface area (Å²) in [6, 6.07) is 4.54. The predicted octanol–water partition coefficient (Wildman–Crippen LogP) is 1.53. The number of amides is 3. The molecular formula is C16H19ClN4O3. The number of hydrogen-bond acceptors (Lipinski definition) is 4. The molecule has 128 valence electrons. The van der Waals surface area contributed by atoms with Crippen LogP contribution in [-0.4, -0.2) is 24.6 Å². The third-order valence-electron chi connectivity index (χ3n) is 3.28. The van der Waals surface area contributed by atoms with Crippen LogP contribution in [0.3, 0.4) is 0 Å². The van der Waals surface area contributed by atoms with E-state index in [1.54, 1.807) is 19.1 Å². The molecule has 1 aliphatic rings. The van der Waals surface area contributed by atoms with E-state index in [1.165, 1.54) is 0 Å². The Kier molecular flexibility index (Phi) is 5.35. The van der Waals surface area contributed by atoms with E-state index in [9.17, 15) is 9.59 Å². The summed E-state index contributed by atoms with van der Waals surface area (Å²) in [5.41, 5.74) is 7.01. The van der Waals surface area contributed by atoms with Crippen molar-refractivity contribution in [1.29, 1.82) is 0 Å². The summed E-state index contributed by atoms with van der Waals surface area (Å²) < 4.78 is 5.60. The van der Waals surface area contributed by atoms with Crippen LogP contribution in [0.2, 0.25) is 5.02 Å². The summed E-state index contributed by atoms with van der Waals surface area (Å²) in [6.45, 7) is 7.47. The number of nitrogens with one attached hydrogen (secondary N) is 3. The van der Waals surface area contributed by atoms with Gasteiger partial charge in [0.1, 0.15) is 18.1 Å². The summed E-state index contributed by atoms with van der Waals surface area (Å²) in [5.74, 6) is 0.0141. The molecule has 0 fully saturated rings. The fourth-order valence-corrected chi connectivity index (χ4v) is 2.31. The molecule has 0 radical (unpaired) electrons. The van der Waals surface area contributed by atoms with Crippen LogP contribution in [0.15, 0.2) is 41.9 Å². The first-order chi connectivity index (χ1) is 11.3. The lowest BCUT2D eigenvalue weighted by molar-refractivity contribution is -0.118. The molecule has 2 rings (SSSR count). The van der Waals surface area contributed by atoms with Crippen LogP contribution in [0.4, 0.5) is 4.79 Å². The van der Waals surface area contributed by atoms with Gasteiger partial charge in [0.05, 0.1) is 22.5 Å². The lowest BCUT2D eigenvalue weighted by Gasteiger charge is -2.22. The van der Waals surface area contributed by atoms with Gasteiger partial charge in [-0.05, 0) is 31.5 Å². The van der Waals surface area contributed by atoms with E-state index < -0.39 is 11.9 Å². The number of carbonyl (C=O) groups is 2. The maximum absolute atomic E-state index is 12.2. The summed E-state index contributed by atoms with van der Waals surface area (Å²) >= 11 is 6.09. The van der Waals surface area contributed by atoms with Crippen molar-refractivity contribution in [1.82, 2.24) is 16.0 Å². The smallest absolute Gasteiger partial charge is 0.323 e. The molecule has 24 heavy (non-hydrogen) atoms. The molecule has 1 heterocycles. The summed E-state index contributed by atoms with van der Waals surface area (Å²) in [6.07, 6.45) is 0. The zero-order chi connectivity index (χ0) is 17.9. The van der Waals surface area contributed by atoms with Crippen molar-refractivity contribution in [2.24, 2.45) is 5.73 Å². The Labute approximate surface area is 144 Å². The van der Waals surface area contributed by atoms with Crippen LogP contribution in [0.1, 0.15) is 12.5 Å². The molecule has 0 aliphatic carbocycles. The van der Waals surface area contributed by atoms with Crippen molar-refractivity contribution < 1.29 is 14.3 Å². The number of ether oxygens (including phenoxy) is 1. The van der Waals surface area contributed by atoms with Gasteiger partial charge in [-0.3, -0.25) is 4.79 Å². The molecule has 7 nitrogen and oxygen atoms in total. The van der Waals surface area contributed by atoms with Gasteiger partial charge in [-0.25, -0.2) is 4.79 Å². The Hall–Kier alpha value is -2.67. The van der Waals surface area contributed by atoms with E-state index in [2.05, 4.69) is 22.5 Å². The van der Waals surface area contributed by atoms with Crippen LogP contribution >= 0.6 is 11.6 Å². The average molecular weight is 351 g/mol. The zero-order valence-corrected chi connectivity index (χ0v) is 14.2. The summed E-state index contributed by atoms with van der Waals surface area (Å²) in [7, 11) is 0. The fraction of sp³-hybridized carbons (Fsp3) is 0.250. The maximum atomic E-state index is 12.2. The second-order valence-corrected chi connectivity index (χ2v) is 5.87. The van der Waals surface area contributed by atoms with Gasteiger partial charge in [-0.2, -0.15) is 0 Å². The molecule has 0 spiro atoms. The largest absolute Gasteiger partial charge is 0.490 e. The Bertz CT molecular complexity index is 730. The average Bonchev–Trinajstić information content (AvgIpc) is 2.49. The van der Waals surface area contributed by atoms with Gasteiger partial charge >= 0.3 is 6.03 Å². The third kappa shape index (κ3) is 4.20. The minimum Gasteiger partial charge on any atom is -0.490 e. The van der Waals surface area contributed by atoms with Gasteiger partial charge in [0.2, 0.25) is 0 Å². The fourth-order valence-electron chi connectivity index (χ4n) is 2.02. The first-order valence-corrected chi connectivity index (χ1v) is 7.62. The summed E-state index contributed by atoms with van der Waals surface area (Å²) in [5, 5.41) is 7.93. The number of urea groups is 1. The normalized spacial score (nSPS) is 15.5. The maximum Gasteiger partial charge on any atom is 0.323 e. The van der Waals surface area contributed by atoms with Gasteiger partial charge in [-0.1, -0.05) is 24.2 Å². The van der Waals surface area contributed by atoms with Crippen LogP contribution in [0, 0.1) is 6.92 Å². The molecule has 1 atom stereocenters. The van der Waals surface area contributed by atoms with Crippen molar-refractivity contribution in [3.05, 3.63) is 52.5 Å². The standard InChI is InChI=1S/C16H19ClN4O3/c1-8-4-5-12(11(17)6-8)24-7-9(2)19-15(22)14-13(18)10(3)20-16(23)21-14/h4-6,9H,3,7,18H2,1-2H3,(H,19,22)(H2,20,21,23)/t9-/m1/s1. The minimum atomic E-state index is -0.560. The van der Waals surface area contributed by atoms with E-state index in [-0.39, 0.29) is 29.7 Å². The van der Waals surface area contributed by atoms with Crippen molar-refractivity contribution in [2.75, 3.05) is 6.61 Å². The van der Waals surface area contributed by atoms with E-state index in [4.69, 9.17) is 22.1 Å². The molecule has 5 N–H and O–H groups in total. The molecule has 0 bridgehead atoms. The second kappa shape index (κ2) is 7.27. The number of rotatable bonds is 5. The Morgan fingerprint density at radius 3 is 2.83 bits per heavy atom. The van der Waals surface area contributed by atoms with Gasteiger partial charge in [0.25, 0.3) is 5.91 Å². The molecule has 1 aromatic carbocycles. The van der Waals surface area contributed by atoms with Gasteiger partial charge in [0, 0.05) is 0 Å². The highest BCUT2D eigenvalue weighted by atomic mass is 35.5.